The summed E-state index contributed by atoms with van der Waals surface area (Å²) in [6, 6.07) is 5.97. The van der Waals surface area contributed by atoms with Gasteiger partial charge in [0.2, 0.25) is 0 Å². The van der Waals surface area contributed by atoms with E-state index >= 15 is 0 Å². The first-order valence-corrected chi connectivity index (χ1v) is 10.1. The third-order valence-electron chi connectivity index (χ3n) is 5.63. The van der Waals surface area contributed by atoms with E-state index in [1.165, 1.54) is 37.9 Å². The smallest absolute Gasteiger partial charge is 0.159 e. The number of benzene rings is 1. The van der Waals surface area contributed by atoms with Crippen molar-refractivity contribution in [3.05, 3.63) is 40.8 Å². The summed E-state index contributed by atoms with van der Waals surface area (Å²) in [5.74, 6) is 1.84. The molecule has 1 aromatic heterocycles. The SMILES string of the molecule is CC(=O)c1ccc2c(c1)Cc1nc(C)nc(NCCCN3CCCCC3)c1-2. The van der Waals surface area contributed by atoms with Crippen LogP contribution in [0.25, 0.3) is 11.1 Å². The van der Waals surface area contributed by atoms with Crippen LogP contribution in [0.3, 0.4) is 0 Å². The summed E-state index contributed by atoms with van der Waals surface area (Å²) in [7, 11) is 0. The number of Topliss-reactive ketones (excluding diaryl/α,β-unsaturated/α-hetero) is 1. The molecule has 0 saturated carbocycles. The molecular weight excluding hydrogens is 336 g/mol. The van der Waals surface area contributed by atoms with E-state index < -0.39 is 0 Å². The number of hydrogen-bond acceptors (Lipinski definition) is 5. The number of anilines is 1. The van der Waals surface area contributed by atoms with E-state index in [1.54, 1.807) is 6.92 Å². The molecule has 2 aliphatic rings. The molecule has 0 bridgehead atoms. The van der Waals surface area contributed by atoms with Crippen molar-refractivity contribution in [1.29, 1.82) is 0 Å². The molecule has 1 N–H and O–H groups in total. The third-order valence-corrected chi connectivity index (χ3v) is 5.63. The molecule has 142 valence electrons. The lowest BCUT2D eigenvalue weighted by Crippen LogP contribution is -2.31. The summed E-state index contributed by atoms with van der Waals surface area (Å²) >= 11 is 0. The molecule has 0 radical (unpaired) electrons. The molecule has 1 saturated heterocycles. The maximum Gasteiger partial charge on any atom is 0.159 e. The summed E-state index contributed by atoms with van der Waals surface area (Å²) in [5.41, 5.74) is 5.28. The second-order valence-electron chi connectivity index (χ2n) is 7.73. The normalized spacial score (nSPS) is 16.1. The average Bonchev–Trinajstić information content (AvgIpc) is 3.03. The molecule has 0 spiro atoms. The van der Waals surface area contributed by atoms with Gasteiger partial charge in [-0.15, -0.1) is 0 Å². The zero-order valence-electron chi connectivity index (χ0n) is 16.3. The van der Waals surface area contributed by atoms with Crippen molar-refractivity contribution in [2.24, 2.45) is 0 Å². The minimum atomic E-state index is 0.104. The van der Waals surface area contributed by atoms with Gasteiger partial charge in [-0.25, -0.2) is 9.97 Å². The Morgan fingerprint density at radius 2 is 2.00 bits per heavy atom. The average molecular weight is 364 g/mol. The van der Waals surface area contributed by atoms with Gasteiger partial charge in [0.1, 0.15) is 11.6 Å². The topological polar surface area (TPSA) is 58.1 Å². The number of rotatable bonds is 6. The Bertz CT molecular complexity index is 856. The van der Waals surface area contributed by atoms with Gasteiger partial charge in [0, 0.05) is 24.1 Å². The fourth-order valence-corrected chi connectivity index (χ4v) is 4.25. The standard InChI is InChI=1S/C22H28N4O/c1-15(27)17-7-8-19-18(13-17)14-20-21(19)22(25-16(2)24-20)23-9-6-12-26-10-4-3-5-11-26/h7-8,13H,3-6,9-12,14H2,1-2H3,(H,23,24,25). The summed E-state index contributed by atoms with van der Waals surface area (Å²) in [4.78, 5) is 23.6. The summed E-state index contributed by atoms with van der Waals surface area (Å²) in [6.45, 7) is 8.12. The van der Waals surface area contributed by atoms with Crippen molar-refractivity contribution in [2.45, 2.75) is 46.0 Å². The van der Waals surface area contributed by atoms with Crippen LogP contribution < -0.4 is 5.32 Å². The number of nitrogens with one attached hydrogen (secondary N) is 1. The molecule has 0 amide bonds. The van der Waals surface area contributed by atoms with Gasteiger partial charge < -0.3 is 10.2 Å². The minimum Gasteiger partial charge on any atom is -0.369 e. The number of hydrogen-bond donors (Lipinski definition) is 1. The van der Waals surface area contributed by atoms with Crippen LogP contribution in [0.1, 0.15) is 60.0 Å². The molecule has 2 heterocycles. The maximum absolute atomic E-state index is 11.7. The van der Waals surface area contributed by atoms with Gasteiger partial charge in [-0.1, -0.05) is 18.6 Å². The number of ketones is 1. The molecule has 1 fully saturated rings. The molecular formula is C22H28N4O. The molecule has 1 aromatic carbocycles. The highest BCUT2D eigenvalue weighted by molar-refractivity contribution is 5.96. The van der Waals surface area contributed by atoms with Crippen LogP contribution in [0, 0.1) is 6.92 Å². The van der Waals surface area contributed by atoms with Crippen LogP contribution in [-0.4, -0.2) is 46.8 Å². The van der Waals surface area contributed by atoms with Gasteiger partial charge in [0.15, 0.2) is 5.78 Å². The Morgan fingerprint density at radius 3 is 2.78 bits per heavy atom. The molecule has 1 aliphatic carbocycles. The Labute approximate surface area is 161 Å². The number of nitrogens with zero attached hydrogens (tertiary/aromatic N) is 3. The van der Waals surface area contributed by atoms with Crippen LogP contribution in [0.2, 0.25) is 0 Å². The Hall–Kier alpha value is -2.27. The van der Waals surface area contributed by atoms with E-state index in [0.717, 1.165) is 60.0 Å². The Morgan fingerprint density at radius 1 is 1.19 bits per heavy atom. The number of aryl methyl sites for hydroxylation is 1. The fraction of sp³-hybridized carbons (Fsp3) is 0.500. The molecule has 0 atom stereocenters. The van der Waals surface area contributed by atoms with E-state index in [2.05, 4.69) is 26.3 Å². The molecule has 1 aliphatic heterocycles. The number of aromatic nitrogens is 2. The van der Waals surface area contributed by atoms with Gasteiger partial charge in [-0.2, -0.15) is 0 Å². The van der Waals surface area contributed by atoms with Crippen molar-refractivity contribution >= 4 is 11.6 Å². The largest absolute Gasteiger partial charge is 0.369 e. The first-order chi connectivity index (χ1) is 13.1. The van der Waals surface area contributed by atoms with E-state index in [4.69, 9.17) is 0 Å². The van der Waals surface area contributed by atoms with Gasteiger partial charge >= 0.3 is 0 Å². The van der Waals surface area contributed by atoms with Crippen LogP contribution in [0.15, 0.2) is 18.2 Å². The monoisotopic (exact) mass is 364 g/mol. The van der Waals surface area contributed by atoms with Gasteiger partial charge in [-0.3, -0.25) is 4.79 Å². The third kappa shape index (κ3) is 3.88. The predicted octanol–water partition coefficient (Wildman–Crippen LogP) is 3.85. The lowest BCUT2D eigenvalue weighted by Gasteiger charge is -2.26. The van der Waals surface area contributed by atoms with E-state index in [9.17, 15) is 4.79 Å². The van der Waals surface area contributed by atoms with Crippen LogP contribution in [0.5, 0.6) is 0 Å². The van der Waals surface area contributed by atoms with Gasteiger partial charge in [-0.05, 0) is 69.9 Å². The fourth-order valence-electron chi connectivity index (χ4n) is 4.25. The van der Waals surface area contributed by atoms with Crippen molar-refractivity contribution < 1.29 is 4.79 Å². The lowest BCUT2D eigenvalue weighted by molar-refractivity contribution is 0.101. The molecule has 2 aromatic rings. The Kier molecular flexibility index (Phi) is 5.21. The van der Waals surface area contributed by atoms with Crippen LogP contribution >= 0.6 is 0 Å². The number of piperidine rings is 1. The molecule has 5 nitrogen and oxygen atoms in total. The molecule has 0 unspecified atom stereocenters. The van der Waals surface area contributed by atoms with E-state index in [-0.39, 0.29) is 5.78 Å². The highest BCUT2D eigenvalue weighted by atomic mass is 16.1. The van der Waals surface area contributed by atoms with Crippen molar-refractivity contribution in [3.63, 3.8) is 0 Å². The second-order valence-corrected chi connectivity index (χ2v) is 7.73. The summed E-state index contributed by atoms with van der Waals surface area (Å²) in [6.07, 6.45) is 5.95. The quantitative estimate of drug-likeness (QED) is 0.532. The summed E-state index contributed by atoms with van der Waals surface area (Å²) < 4.78 is 0. The first-order valence-electron chi connectivity index (χ1n) is 10.1. The zero-order valence-corrected chi connectivity index (χ0v) is 16.3. The van der Waals surface area contributed by atoms with Crippen molar-refractivity contribution in [3.8, 4) is 11.1 Å². The maximum atomic E-state index is 11.7. The van der Waals surface area contributed by atoms with Crippen molar-refractivity contribution in [2.75, 3.05) is 31.5 Å². The first kappa shape index (κ1) is 18.1. The second kappa shape index (κ2) is 7.77. The minimum absolute atomic E-state index is 0.104. The van der Waals surface area contributed by atoms with Crippen molar-refractivity contribution in [1.82, 2.24) is 14.9 Å². The number of carbonyl (C=O) groups is 1. The number of likely N-dealkylation sites (tertiary alicyclic amines) is 1. The van der Waals surface area contributed by atoms with Crippen LogP contribution in [-0.2, 0) is 6.42 Å². The highest BCUT2D eigenvalue weighted by Gasteiger charge is 2.25. The van der Waals surface area contributed by atoms with Gasteiger partial charge in [0.05, 0.1) is 5.69 Å². The molecule has 4 rings (SSSR count). The van der Waals surface area contributed by atoms with E-state index in [1.807, 2.05) is 19.1 Å². The Balaban J connectivity index is 1.49. The van der Waals surface area contributed by atoms with Crippen LogP contribution in [0.4, 0.5) is 5.82 Å². The molecule has 5 heteroatoms. The number of carbonyl (C=O) groups excluding carboxylic acids is 1. The zero-order chi connectivity index (χ0) is 18.8. The molecule has 27 heavy (non-hydrogen) atoms. The predicted molar refractivity (Wildman–Crippen MR) is 108 cm³/mol. The number of fused-ring (bicyclic) bond motifs is 3. The highest BCUT2D eigenvalue weighted by Crippen LogP contribution is 2.40. The summed E-state index contributed by atoms with van der Waals surface area (Å²) in [5, 5.41) is 3.56. The van der Waals surface area contributed by atoms with Gasteiger partial charge in [0.25, 0.3) is 0 Å². The lowest BCUT2D eigenvalue weighted by atomic mass is 10.0. The van der Waals surface area contributed by atoms with E-state index in [0.29, 0.717) is 0 Å².